The molecule has 0 saturated carbocycles. The van der Waals surface area contributed by atoms with E-state index in [4.69, 9.17) is 4.74 Å². The number of nitrogens with one attached hydrogen (secondary N) is 2. The molecule has 1 aromatic rings. The number of halogens is 1. The van der Waals surface area contributed by atoms with Gasteiger partial charge in [0.1, 0.15) is 0 Å². The average molecular weight is 313 g/mol. The molecule has 0 aliphatic carbocycles. The number of para-hydroxylation sites is 1. The number of rotatable bonds is 6. The average Bonchev–Trinajstić information content (AvgIpc) is 2.92. The van der Waals surface area contributed by atoms with E-state index in [1.165, 1.54) is 5.56 Å². The molecule has 0 aromatic heterocycles. The van der Waals surface area contributed by atoms with Gasteiger partial charge in [-0.05, 0) is 30.4 Å². The number of carbonyl (C=O) groups excluding carboxylic acids is 1. The number of ether oxygens (including phenoxy) is 1. The summed E-state index contributed by atoms with van der Waals surface area (Å²) in [4.78, 5) is 11.9. The van der Waals surface area contributed by atoms with Crippen LogP contribution in [0.4, 0.5) is 5.69 Å². The topological polar surface area (TPSA) is 50.4 Å². The highest BCUT2D eigenvalue weighted by Gasteiger charge is 2.15. The van der Waals surface area contributed by atoms with Crippen LogP contribution in [-0.4, -0.2) is 31.7 Å². The summed E-state index contributed by atoms with van der Waals surface area (Å²) in [6.07, 6.45) is 2.48. The van der Waals surface area contributed by atoms with E-state index in [9.17, 15) is 4.79 Å². The maximum Gasteiger partial charge on any atom is 0.238 e. The minimum atomic E-state index is -0.00361. The highest BCUT2D eigenvalue weighted by Crippen LogP contribution is 2.23. The van der Waals surface area contributed by atoms with Crippen molar-refractivity contribution in [3.63, 3.8) is 0 Å². The van der Waals surface area contributed by atoms with Crippen molar-refractivity contribution >= 4 is 24.0 Å². The van der Waals surface area contributed by atoms with Gasteiger partial charge in [-0.15, -0.1) is 12.4 Å². The molecule has 1 aliphatic heterocycles. The molecule has 1 aromatic carbocycles. The molecule has 1 aliphatic rings. The Labute approximate surface area is 133 Å². The summed E-state index contributed by atoms with van der Waals surface area (Å²) in [7, 11) is 0. The van der Waals surface area contributed by atoms with Crippen molar-refractivity contribution in [2.75, 3.05) is 25.0 Å². The lowest BCUT2D eigenvalue weighted by molar-refractivity contribution is -0.115. The molecule has 0 radical (unpaired) electrons. The summed E-state index contributed by atoms with van der Waals surface area (Å²) >= 11 is 0. The normalized spacial score (nSPS) is 17.6. The Morgan fingerprint density at radius 2 is 2.14 bits per heavy atom. The van der Waals surface area contributed by atoms with Crippen LogP contribution in [0.15, 0.2) is 24.3 Å². The number of benzene rings is 1. The van der Waals surface area contributed by atoms with Crippen LogP contribution in [0.25, 0.3) is 0 Å². The van der Waals surface area contributed by atoms with E-state index >= 15 is 0 Å². The van der Waals surface area contributed by atoms with Gasteiger partial charge in [-0.25, -0.2) is 0 Å². The van der Waals surface area contributed by atoms with Crippen molar-refractivity contribution in [2.24, 2.45) is 0 Å². The Hall–Kier alpha value is -1.10. The Morgan fingerprint density at radius 3 is 2.81 bits per heavy atom. The monoisotopic (exact) mass is 312 g/mol. The van der Waals surface area contributed by atoms with Crippen LogP contribution in [0.1, 0.15) is 38.2 Å². The zero-order valence-electron chi connectivity index (χ0n) is 12.7. The molecular formula is C16H25ClN2O2. The summed E-state index contributed by atoms with van der Waals surface area (Å²) in [6.45, 7) is 6.17. The second kappa shape index (κ2) is 9.03. The predicted molar refractivity (Wildman–Crippen MR) is 88.3 cm³/mol. The second-order valence-corrected chi connectivity index (χ2v) is 5.56. The molecule has 0 spiro atoms. The van der Waals surface area contributed by atoms with Gasteiger partial charge in [-0.3, -0.25) is 4.79 Å². The molecule has 2 N–H and O–H groups in total. The van der Waals surface area contributed by atoms with Crippen molar-refractivity contribution in [1.29, 1.82) is 0 Å². The van der Waals surface area contributed by atoms with Gasteiger partial charge in [0.25, 0.3) is 0 Å². The Balaban J connectivity index is 0.00000220. The first-order valence-electron chi connectivity index (χ1n) is 7.38. The lowest BCUT2D eigenvalue weighted by Gasteiger charge is -2.14. The van der Waals surface area contributed by atoms with E-state index in [1.54, 1.807) is 0 Å². The molecule has 2 rings (SSSR count). The number of amides is 1. The van der Waals surface area contributed by atoms with E-state index in [-0.39, 0.29) is 24.4 Å². The first-order valence-corrected chi connectivity index (χ1v) is 7.38. The smallest absolute Gasteiger partial charge is 0.238 e. The van der Waals surface area contributed by atoms with Gasteiger partial charge >= 0.3 is 0 Å². The van der Waals surface area contributed by atoms with Crippen molar-refractivity contribution in [1.82, 2.24) is 5.32 Å². The molecule has 0 bridgehead atoms. The number of hydrogen-bond donors (Lipinski definition) is 2. The van der Waals surface area contributed by atoms with E-state index < -0.39 is 0 Å². The quantitative estimate of drug-likeness (QED) is 0.849. The molecule has 118 valence electrons. The van der Waals surface area contributed by atoms with Crippen molar-refractivity contribution in [3.8, 4) is 0 Å². The van der Waals surface area contributed by atoms with Crippen LogP contribution in [0.5, 0.6) is 0 Å². The Bertz CT molecular complexity index is 446. The van der Waals surface area contributed by atoms with Crippen LogP contribution in [0.2, 0.25) is 0 Å². The zero-order valence-corrected chi connectivity index (χ0v) is 13.5. The van der Waals surface area contributed by atoms with Gasteiger partial charge in [0, 0.05) is 18.8 Å². The van der Waals surface area contributed by atoms with Crippen LogP contribution >= 0.6 is 12.4 Å². The molecule has 21 heavy (non-hydrogen) atoms. The van der Waals surface area contributed by atoms with E-state index in [0.29, 0.717) is 12.5 Å². The zero-order chi connectivity index (χ0) is 14.4. The molecule has 4 nitrogen and oxygen atoms in total. The van der Waals surface area contributed by atoms with E-state index in [0.717, 1.165) is 31.7 Å². The third-order valence-electron chi connectivity index (χ3n) is 3.54. The lowest BCUT2D eigenvalue weighted by Crippen LogP contribution is -2.33. The maximum absolute atomic E-state index is 11.9. The van der Waals surface area contributed by atoms with Gasteiger partial charge < -0.3 is 15.4 Å². The summed E-state index contributed by atoms with van der Waals surface area (Å²) in [5.74, 6) is 0.391. The number of hydrogen-bond acceptors (Lipinski definition) is 3. The summed E-state index contributed by atoms with van der Waals surface area (Å²) in [5.41, 5.74) is 2.08. The molecule has 5 heteroatoms. The van der Waals surface area contributed by atoms with Crippen molar-refractivity contribution in [2.45, 2.75) is 38.7 Å². The van der Waals surface area contributed by atoms with E-state index in [1.807, 2.05) is 18.2 Å². The molecular weight excluding hydrogens is 288 g/mol. The minimum absolute atomic E-state index is 0. The van der Waals surface area contributed by atoms with Gasteiger partial charge in [-0.1, -0.05) is 32.0 Å². The van der Waals surface area contributed by atoms with Crippen LogP contribution in [0.3, 0.4) is 0 Å². The first-order chi connectivity index (χ1) is 9.66. The number of carbonyl (C=O) groups is 1. The second-order valence-electron chi connectivity index (χ2n) is 5.56. The predicted octanol–water partition coefficient (Wildman–Crippen LogP) is 2.94. The van der Waals surface area contributed by atoms with Gasteiger partial charge in [0.05, 0.1) is 12.6 Å². The standard InChI is InChI=1S/C16H24N2O2.ClH/c1-12(2)14-7-3-4-8-15(14)18-16(19)11-17-10-13-6-5-9-20-13;/h3-4,7-8,12-13,17H,5-6,9-11H2,1-2H3,(H,18,19);1H. The fourth-order valence-electron chi connectivity index (χ4n) is 2.46. The van der Waals surface area contributed by atoms with Crippen LogP contribution < -0.4 is 10.6 Å². The fraction of sp³-hybridized carbons (Fsp3) is 0.562. The summed E-state index contributed by atoms with van der Waals surface area (Å²) in [6, 6.07) is 7.95. The highest BCUT2D eigenvalue weighted by atomic mass is 35.5. The first kappa shape index (κ1) is 18.0. The SMILES string of the molecule is CC(C)c1ccccc1NC(=O)CNCC1CCCO1.Cl. The molecule has 1 atom stereocenters. The van der Waals surface area contributed by atoms with Crippen LogP contribution in [-0.2, 0) is 9.53 Å². The van der Waals surface area contributed by atoms with Gasteiger partial charge in [0.2, 0.25) is 5.91 Å². The van der Waals surface area contributed by atoms with Crippen molar-refractivity contribution < 1.29 is 9.53 Å². The third kappa shape index (κ3) is 5.65. The summed E-state index contributed by atoms with van der Waals surface area (Å²) < 4.78 is 5.51. The molecule has 1 amide bonds. The molecule has 1 heterocycles. The fourth-order valence-corrected chi connectivity index (χ4v) is 2.46. The van der Waals surface area contributed by atoms with Gasteiger partial charge in [-0.2, -0.15) is 0 Å². The number of anilines is 1. The summed E-state index contributed by atoms with van der Waals surface area (Å²) in [5, 5.41) is 6.13. The maximum atomic E-state index is 11.9. The molecule has 1 fully saturated rings. The van der Waals surface area contributed by atoms with Gasteiger partial charge in [0.15, 0.2) is 0 Å². The van der Waals surface area contributed by atoms with E-state index in [2.05, 4.69) is 30.5 Å². The molecule has 1 unspecified atom stereocenters. The Kier molecular flexibility index (Phi) is 7.72. The highest BCUT2D eigenvalue weighted by molar-refractivity contribution is 5.93. The lowest BCUT2D eigenvalue weighted by atomic mass is 10.0. The molecule has 1 saturated heterocycles. The largest absolute Gasteiger partial charge is 0.377 e. The third-order valence-corrected chi connectivity index (χ3v) is 3.54. The van der Waals surface area contributed by atoms with Crippen LogP contribution in [0, 0.1) is 0 Å². The minimum Gasteiger partial charge on any atom is -0.377 e. The van der Waals surface area contributed by atoms with Crippen molar-refractivity contribution in [3.05, 3.63) is 29.8 Å². The Morgan fingerprint density at radius 1 is 1.38 bits per heavy atom.